The minimum absolute atomic E-state index is 0.102. The van der Waals surface area contributed by atoms with Gasteiger partial charge in [-0.25, -0.2) is 0 Å². The van der Waals surface area contributed by atoms with Crippen LogP contribution < -0.4 is 0 Å². The van der Waals surface area contributed by atoms with Crippen LogP contribution in [0.4, 0.5) is 0 Å². The lowest BCUT2D eigenvalue weighted by Crippen LogP contribution is -1.84. The largest absolute Gasteiger partial charge is 0.290 e. The van der Waals surface area contributed by atoms with Gasteiger partial charge < -0.3 is 0 Å². The van der Waals surface area contributed by atoms with Crippen LogP contribution in [0.15, 0.2) is 144 Å². The minimum atomic E-state index is -0.104. The fourth-order valence-corrected chi connectivity index (χ4v) is 2.76. The van der Waals surface area contributed by atoms with Gasteiger partial charge in [-0.1, -0.05) is 109 Å². The van der Waals surface area contributed by atoms with Gasteiger partial charge in [-0.2, -0.15) is 0 Å². The van der Waals surface area contributed by atoms with Gasteiger partial charge in [0.05, 0.1) is 0 Å². The maximum Gasteiger partial charge on any atom is 0.178 e. The highest BCUT2D eigenvalue weighted by Crippen LogP contribution is 2.17. The molecular formula is C33H28O2. The summed E-state index contributed by atoms with van der Waals surface area (Å²) >= 11 is 0. The number of ketones is 2. The predicted molar refractivity (Wildman–Crippen MR) is 147 cm³/mol. The van der Waals surface area contributed by atoms with E-state index in [4.69, 9.17) is 0 Å². The summed E-state index contributed by atoms with van der Waals surface area (Å²) in [7, 11) is 0. The normalized spacial score (nSPS) is 26.6. The van der Waals surface area contributed by atoms with E-state index < -0.39 is 0 Å². The summed E-state index contributed by atoms with van der Waals surface area (Å²) < 4.78 is 0. The molecule has 0 radical (unpaired) electrons. The summed E-state index contributed by atoms with van der Waals surface area (Å²) in [4.78, 5) is 23.9. The highest BCUT2D eigenvalue weighted by atomic mass is 16.1. The summed E-state index contributed by atoms with van der Waals surface area (Å²) in [6.07, 6.45) is 36.8. The molecule has 0 aliphatic heterocycles. The summed E-state index contributed by atoms with van der Waals surface area (Å²) in [5.74, 6) is 11.2. The topological polar surface area (TPSA) is 34.1 Å². The Morgan fingerprint density at radius 2 is 0.886 bits per heavy atom. The maximum absolute atomic E-state index is 12.0. The van der Waals surface area contributed by atoms with Crippen LogP contribution in [0.1, 0.15) is 20.3 Å². The van der Waals surface area contributed by atoms with Crippen molar-refractivity contribution in [1.29, 1.82) is 0 Å². The summed E-state index contributed by atoms with van der Waals surface area (Å²) in [5.41, 5.74) is 3.87. The predicted octanol–water partition coefficient (Wildman–Crippen LogP) is 6.74. The number of hydrogen-bond acceptors (Lipinski definition) is 2. The van der Waals surface area contributed by atoms with Gasteiger partial charge in [0, 0.05) is 0 Å². The molecule has 0 unspecified atom stereocenters. The fourth-order valence-electron chi connectivity index (χ4n) is 2.76. The van der Waals surface area contributed by atoms with Crippen LogP contribution in [0.5, 0.6) is 0 Å². The molecule has 0 atom stereocenters. The van der Waals surface area contributed by atoms with Gasteiger partial charge in [0.2, 0.25) is 0 Å². The first-order chi connectivity index (χ1) is 17.0. The number of carbonyl (C=O) groups excluding carboxylic acids is 2. The van der Waals surface area contributed by atoms with Crippen LogP contribution in [0.2, 0.25) is 0 Å². The summed E-state index contributed by atoms with van der Waals surface area (Å²) in [5, 5.41) is 0. The average molecular weight is 457 g/mol. The van der Waals surface area contributed by atoms with E-state index in [0.29, 0.717) is 0 Å². The van der Waals surface area contributed by atoms with E-state index in [1.165, 1.54) is 24.3 Å². The number of rotatable bonds is 0. The highest BCUT2D eigenvalue weighted by molar-refractivity contribution is 6.00. The van der Waals surface area contributed by atoms with Gasteiger partial charge in [0.25, 0.3) is 0 Å². The van der Waals surface area contributed by atoms with Crippen LogP contribution >= 0.6 is 0 Å². The average Bonchev–Trinajstić information content (AvgIpc) is 3.06. The zero-order chi connectivity index (χ0) is 25.1. The van der Waals surface area contributed by atoms with Gasteiger partial charge in [-0.05, 0) is 78.7 Å². The van der Waals surface area contributed by atoms with Gasteiger partial charge in [0.1, 0.15) is 0 Å². The smallest absolute Gasteiger partial charge is 0.178 e. The molecule has 0 saturated carbocycles. The molecule has 2 aliphatic rings. The quantitative estimate of drug-likeness (QED) is 0.378. The molecular weight excluding hydrogens is 428 g/mol. The minimum Gasteiger partial charge on any atom is -0.290 e. The second kappa shape index (κ2) is 16.0. The molecule has 0 aromatic carbocycles. The second-order valence-corrected chi connectivity index (χ2v) is 7.59. The summed E-state index contributed by atoms with van der Waals surface area (Å²) in [6.45, 7) is 3.70. The molecule has 0 aromatic rings. The van der Waals surface area contributed by atoms with Gasteiger partial charge in [-0.3, -0.25) is 9.59 Å². The lowest BCUT2D eigenvalue weighted by atomic mass is 10.0. The molecule has 2 bridgehead atoms. The van der Waals surface area contributed by atoms with Crippen LogP contribution in [0, 0.1) is 23.7 Å². The number of allylic oxidation sites excluding steroid dienone is 24. The SMILES string of the molecule is C/C1=C\C=C/C(=O)/C=C/C=C/C=C/C2=CC=CC=C(/C=C\C=C\C(=O)/C=C/C=C(\C)C#CC#C1)C2. The number of hydrogen-bond donors (Lipinski definition) is 0. The Labute approximate surface area is 208 Å². The van der Waals surface area contributed by atoms with E-state index in [1.807, 2.05) is 68.5 Å². The van der Waals surface area contributed by atoms with Crippen molar-refractivity contribution in [3.63, 3.8) is 0 Å². The Balaban J connectivity index is 2.23. The lowest BCUT2D eigenvalue weighted by molar-refractivity contribution is -0.111. The van der Waals surface area contributed by atoms with Crippen molar-refractivity contribution in [2.75, 3.05) is 0 Å². The molecule has 35 heavy (non-hydrogen) atoms. The molecule has 0 N–H and O–H groups in total. The van der Waals surface area contributed by atoms with Crippen LogP contribution in [0.3, 0.4) is 0 Å². The number of fused-ring (bicyclic) bond motifs is 2. The van der Waals surface area contributed by atoms with Crippen LogP contribution in [-0.2, 0) is 9.59 Å². The second-order valence-electron chi connectivity index (χ2n) is 7.59. The molecule has 0 amide bonds. The molecule has 0 saturated heterocycles. The first kappa shape index (κ1) is 26.6. The van der Waals surface area contributed by atoms with Crippen molar-refractivity contribution in [2.45, 2.75) is 20.3 Å². The zero-order valence-electron chi connectivity index (χ0n) is 20.1. The van der Waals surface area contributed by atoms with Crippen LogP contribution in [0.25, 0.3) is 0 Å². The van der Waals surface area contributed by atoms with E-state index >= 15 is 0 Å². The Morgan fingerprint density at radius 3 is 1.40 bits per heavy atom. The molecule has 2 heteroatoms. The molecule has 0 heterocycles. The first-order valence-electron chi connectivity index (χ1n) is 11.3. The van der Waals surface area contributed by atoms with Crippen molar-refractivity contribution in [2.24, 2.45) is 0 Å². The van der Waals surface area contributed by atoms with Gasteiger partial charge in [0.15, 0.2) is 11.6 Å². The third-order valence-corrected chi connectivity index (χ3v) is 4.52. The van der Waals surface area contributed by atoms with E-state index in [1.54, 1.807) is 36.5 Å². The van der Waals surface area contributed by atoms with E-state index in [9.17, 15) is 9.59 Å². The molecule has 2 nitrogen and oxygen atoms in total. The zero-order valence-corrected chi connectivity index (χ0v) is 20.1. The third-order valence-electron chi connectivity index (χ3n) is 4.52. The van der Waals surface area contributed by atoms with Crippen molar-refractivity contribution in [1.82, 2.24) is 0 Å². The fraction of sp³-hybridized carbons (Fsp3) is 0.0909. The van der Waals surface area contributed by atoms with Crippen LogP contribution in [-0.4, -0.2) is 11.6 Å². The van der Waals surface area contributed by atoms with Crippen molar-refractivity contribution >= 4 is 11.6 Å². The highest BCUT2D eigenvalue weighted by Gasteiger charge is 1.98. The molecule has 172 valence electrons. The molecule has 2 aliphatic carbocycles. The van der Waals surface area contributed by atoms with E-state index in [0.717, 1.165) is 28.7 Å². The molecule has 0 aromatic heterocycles. The molecule has 0 fully saturated rings. The van der Waals surface area contributed by atoms with Crippen molar-refractivity contribution in [3.8, 4) is 23.7 Å². The third kappa shape index (κ3) is 12.8. The maximum atomic E-state index is 12.0. The Bertz CT molecular complexity index is 1300. The number of carbonyl (C=O) groups is 2. The molecule has 0 spiro atoms. The van der Waals surface area contributed by atoms with Gasteiger partial charge in [-0.15, -0.1) is 0 Å². The van der Waals surface area contributed by atoms with E-state index in [-0.39, 0.29) is 11.6 Å². The molecule has 2 rings (SSSR count). The Hall–Kier alpha value is -4.66. The van der Waals surface area contributed by atoms with E-state index in [2.05, 4.69) is 29.8 Å². The monoisotopic (exact) mass is 456 g/mol. The van der Waals surface area contributed by atoms with Crippen molar-refractivity contribution < 1.29 is 9.59 Å². The van der Waals surface area contributed by atoms with Crippen molar-refractivity contribution in [3.05, 3.63) is 144 Å². The lowest BCUT2D eigenvalue weighted by Gasteiger charge is -2.00. The Kier molecular flexibility index (Phi) is 12.2. The standard InChI is InChI=1S/C33H28O2/c1-28-15-7-8-16-29(2)18-14-26-33(35)24-12-11-22-31-21-10-9-20-30(27-31)19-5-3-4-6-23-32(34)25-13-17-28/h3-6,9-14,17-26H,27H2,1-2H3/b4-3+,19-5+,22-11-,23-6+,24-12+,25-13-,26-14+,28-17+,29-18+. The summed E-state index contributed by atoms with van der Waals surface area (Å²) in [6, 6.07) is 0. The first-order valence-corrected chi connectivity index (χ1v) is 11.3. The van der Waals surface area contributed by atoms with Gasteiger partial charge >= 0.3 is 0 Å². The Morgan fingerprint density at radius 1 is 0.486 bits per heavy atom.